The summed E-state index contributed by atoms with van der Waals surface area (Å²) >= 11 is 0. The number of hydrogen-bond acceptors (Lipinski definition) is 4. The van der Waals surface area contributed by atoms with Gasteiger partial charge in [0.2, 0.25) is 10.0 Å². The quantitative estimate of drug-likeness (QED) is 0.861. The lowest BCUT2D eigenvalue weighted by Gasteiger charge is -2.12. The van der Waals surface area contributed by atoms with Crippen LogP contribution in [-0.4, -0.2) is 29.6 Å². The number of carboxylic acid groups (broad SMARTS) is 1. The van der Waals surface area contributed by atoms with Crippen LogP contribution < -0.4 is 0 Å². The van der Waals surface area contributed by atoms with Gasteiger partial charge in [0.25, 0.3) is 0 Å². The van der Waals surface area contributed by atoms with Crippen molar-refractivity contribution < 1.29 is 18.3 Å². The van der Waals surface area contributed by atoms with Gasteiger partial charge in [-0.1, -0.05) is 6.07 Å². The van der Waals surface area contributed by atoms with Crippen LogP contribution in [0.1, 0.15) is 21.5 Å². The molecule has 0 unspecified atom stereocenters. The third-order valence-corrected chi connectivity index (χ3v) is 4.33. The van der Waals surface area contributed by atoms with Crippen molar-refractivity contribution in [2.75, 3.05) is 5.75 Å². The second-order valence-electron chi connectivity index (χ2n) is 3.97. The number of carboxylic acids is 1. The monoisotopic (exact) mass is 266 g/mol. The summed E-state index contributed by atoms with van der Waals surface area (Å²) in [5.74, 6) is -1.61. The summed E-state index contributed by atoms with van der Waals surface area (Å²) in [4.78, 5) is 10.8. The Hall–Kier alpha value is -1.91. The molecule has 0 amide bonds. The topological polar surface area (TPSA) is 98.5 Å². The van der Waals surface area contributed by atoms with E-state index in [4.69, 9.17) is 10.4 Å². The van der Waals surface area contributed by atoms with Gasteiger partial charge >= 0.3 is 5.97 Å². The highest BCUT2D eigenvalue weighted by Crippen LogP contribution is 2.26. The second-order valence-corrected chi connectivity index (χ2v) is 5.94. The van der Waals surface area contributed by atoms with Crippen molar-refractivity contribution in [3.05, 3.63) is 34.9 Å². The van der Waals surface area contributed by atoms with Gasteiger partial charge in [-0.3, -0.25) is 0 Å². The maximum absolute atomic E-state index is 11.7. The Morgan fingerprint density at radius 3 is 2.67 bits per heavy atom. The predicted molar refractivity (Wildman–Crippen MR) is 62.0 cm³/mol. The highest BCUT2D eigenvalue weighted by atomic mass is 32.2. The van der Waals surface area contributed by atoms with Gasteiger partial charge in [0.05, 0.1) is 11.6 Å². The van der Waals surface area contributed by atoms with E-state index in [2.05, 4.69) is 0 Å². The van der Waals surface area contributed by atoms with E-state index in [0.717, 1.165) is 5.56 Å². The molecule has 1 aromatic carbocycles. The fraction of sp³-hybridized carbons (Fsp3) is 0.273. The van der Waals surface area contributed by atoms with Crippen LogP contribution >= 0.6 is 0 Å². The SMILES string of the molecule is N#CCS(=O)(=O)N1Cc2ccc(C(=O)O)cc2C1. The van der Waals surface area contributed by atoms with E-state index in [9.17, 15) is 13.2 Å². The van der Waals surface area contributed by atoms with Crippen molar-refractivity contribution in [1.82, 2.24) is 4.31 Å². The molecule has 0 radical (unpaired) electrons. The van der Waals surface area contributed by atoms with E-state index < -0.39 is 21.7 Å². The van der Waals surface area contributed by atoms with Crippen LogP contribution in [0.15, 0.2) is 18.2 Å². The Morgan fingerprint density at radius 2 is 2.06 bits per heavy atom. The molecule has 0 bridgehead atoms. The van der Waals surface area contributed by atoms with Crippen LogP contribution in [0.3, 0.4) is 0 Å². The molecule has 7 heteroatoms. The predicted octanol–water partition coefficient (Wildman–Crippen LogP) is 0.554. The molecule has 94 valence electrons. The summed E-state index contributed by atoms with van der Waals surface area (Å²) in [7, 11) is -3.59. The van der Waals surface area contributed by atoms with E-state index in [1.807, 2.05) is 0 Å². The number of nitriles is 1. The lowest BCUT2D eigenvalue weighted by molar-refractivity contribution is 0.0696. The van der Waals surface area contributed by atoms with Crippen LogP contribution in [0.4, 0.5) is 0 Å². The van der Waals surface area contributed by atoms with E-state index >= 15 is 0 Å². The van der Waals surface area contributed by atoms with E-state index in [-0.39, 0.29) is 18.7 Å². The zero-order chi connectivity index (χ0) is 13.3. The molecule has 0 saturated heterocycles. The zero-order valence-electron chi connectivity index (χ0n) is 9.33. The molecular formula is C11H10N2O4S. The van der Waals surface area contributed by atoms with E-state index in [0.29, 0.717) is 5.56 Å². The molecule has 6 nitrogen and oxygen atoms in total. The number of fused-ring (bicyclic) bond motifs is 1. The van der Waals surface area contributed by atoms with Gasteiger partial charge in [-0.05, 0) is 23.3 Å². The largest absolute Gasteiger partial charge is 0.478 e. The summed E-state index contributed by atoms with van der Waals surface area (Å²) in [5, 5.41) is 17.3. The van der Waals surface area contributed by atoms with Gasteiger partial charge in [0, 0.05) is 13.1 Å². The fourth-order valence-electron chi connectivity index (χ4n) is 1.87. The van der Waals surface area contributed by atoms with Crippen molar-refractivity contribution in [1.29, 1.82) is 5.26 Å². The summed E-state index contributed by atoms with van der Waals surface area (Å²) < 4.78 is 24.6. The number of nitrogens with zero attached hydrogens (tertiary/aromatic N) is 2. The summed E-state index contributed by atoms with van der Waals surface area (Å²) in [5.41, 5.74) is 1.59. The minimum Gasteiger partial charge on any atom is -0.478 e. The van der Waals surface area contributed by atoms with Gasteiger partial charge in [0.1, 0.15) is 0 Å². The van der Waals surface area contributed by atoms with Crippen LogP contribution in [0.25, 0.3) is 0 Å². The molecule has 1 aliphatic rings. The molecule has 1 aliphatic heterocycles. The van der Waals surface area contributed by atoms with Gasteiger partial charge in [-0.25, -0.2) is 13.2 Å². The average molecular weight is 266 g/mol. The number of sulfonamides is 1. The standard InChI is InChI=1S/C11H10N2O4S/c12-3-4-18(16,17)13-6-9-2-1-8(11(14)15)5-10(9)7-13/h1-2,5H,4,6-7H2,(H,14,15). The molecule has 1 heterocycles. The molecule has 0 aliphatic carbocycles. The fourth-order valence-corrected chi connectivity index (χ4v) is 2.88. The third kappa shape index (κ3) is 2.20. The number of hydrogen-bond donors (Lipinski definition) is 1. The van der Waals surface area contributed by atoms with Gasteiger partial charge in [-0.15, -0.1) is 0 Å². The Kier molecular flexibility index (Phi) is 3.07. The normalized spacial score (nSPS) is 15.1. The summed E-state index contributed by atoms with van der Waals surface area (Å²) in [6, 6.07) is 6.15. The van der Waals surface area contributed by atoms with E-state index in [1.54, 1.807) is 12.1 Å². The first-order valence-electron chi connectivity index (χ1n) is 5.14. The van der Waals surface area contributed by atoms with Crippen molar-refractivity contribution in [3.63, 3.8) is 0 Å². The van der Waals surface area contributed by atoms with Crippen LogP contribution in [0.2, 0.25) is 0 Å². The number of rotatable bonds is 3. The minimum absolute atomic E-state index is 0.125. The first kappa shape index (κ1) is 12.5. The van der Waals surface area contributed by atoms with Gasteiger partial charge in [0.15, 0.2) is 5.75 Å². The van der Waals surface area contributed by atoms with Gasteiger partial charge < -0.3 is 5.11 Å². The summed E-state index contributed by atoms with van der Waals surface area (Å²) in [6.45, 7) is 0.319. The molecule has 2 rings (SSSR count). The minimum atomic E-state index is -3.59. The first-order chi connectivity index (χ1) is 8.44. The smallest absolute Gasteiger partial charge is 0.335 e. The molecular weight excluding hydrogens is 256 g/mol. The Bertz CT molecular complexity index is 645. The highest BCUT2D eigenvalue weighted by Gasteiger charge is 2.29. The van der Waals surface area contributed by atoms with Crippen LogP contribution in [-0.2, 0) is 23.1 Å². The Labute approximate surface area is 104 Å². The maximum atomic E-state index is 11.7. The molecule has 0 saturated carbocycles. The van der Waals surface area contributed by atoms with Gasteiger partial charge in [-0.2, -0.15) is 9.57 Å². The van der Waals surface area contributed by atoms with Crippen molar-refractivity contribution in [3.8, 4) is 6.07 Å². The van der Waals surface area contributed by atoms with Crippen LogP contribution in [0.5, 0.6) is 0 Å². The lowest BCUT2D eigenvalue weighted by atomic mass is 10.1. The first-order valence-corrected chi connectivity index (χ1v) is 6.75. The Morgan fingerprint density at radius 1 is 1.39 bits per heavy atom. The molecule has 1 N–H and O–H groups in total. The zero-order valence-corrected chi connectivity index (χ0v) is 10.1. The molecule has 0 atom stereocenters. The Balaban J connectivity index is 2.29. The average Bonchev–Trinajstić information content (AvgIpc) is 2.71. The number of carbonyl (C=O) groups is 1. The summed E-state index contributed by atoms with van der Waals surface area (Å²) in [6.07, 6.45) is 0. The van der Waals surface area contributed by atoms with Crippen molar-refractivity contribution >= 4 is 16.0 Å². The molecule has 0 fully saturated rings. The highest BCUT2D eigenvalue weighted by molar-refractivity contribution is 7.89. The van der Waals surface area contributed by atoms with Crippen molar-refractivity contribution in [2.24, 2.45) is 0 Å². The number of aromatic carboxylic acids is 1. The molecule has 0 aromatic heterocycles. The third-order valence-electron chi connectivity index (χ3n) is 2.79. The van der Waals surface area contributed by atoms with Crippen LogP contribution in [0, 0.1) is 11.3 Å². The number of benzene rings is 1. The second kappa shape index (κ2) is 4.40. The van der Waals surface area contributed by atoms with E-state index in [1.165, 1.54) is 16.4 Å². The lowest BCUT2D eigenvalue weighted by Crippen LogP contribution is -2.27. The molecule has 1 aromatic rings. The molecule has 18 heavy (non-hydrogen) atoms. The maximum Gasteiger partial charge on any atom is 0.335 e. The molecule has 0 spiro atoms. The van der Waals surface area contributed by atoms with Crippen molar-refractivity contribution in [2.45, 2.75) is 13.1 Å².